The molecule has 5 heteroatoms. The van der Waals surface area contributed by atoms with Crippen LogP contribution in [0.2, 0.25) is 0 Å². The molecule has 0 aromatic carbocycles. The minimum atomic E-state index is -0.188. The normalized spacial score (nSPS) is 12.5. The molecule has 1 heterocycles. The van der Waals surface area contributed by atoms with Gasteiger partial charge in [-0.25, -0.2) is 4.98 Å². The molecule has 0 fully saturated rings. The first-order chi connectivity index (χ1) is 5.74. The topological polar surface area (TPSA) is 54.0 Å². The lowest BCUT2D eigenvalue weighted by Crippen LogP contribution is -2.35. The van der Waals surface area contributed by atoms with E-state index in [9.17, 15) is 4.79 Å². The van der Waals surface area contributed by atoms with Crippen LogP contribution in [0.15, 0.2) is 10.9 Å². The number of likely N-dealkylation sites (N-methyl/N-ethyl adjacent to an activating group) is 1. The van der Waals surface area contributed by atoms with Crippen molar-refractivity contribution in [3.8, 4) is 0 Å². The van der Waals surface area contributed by atoms with E-state index in [1.54, 1.807) is 24.9 Å². The predicted molar refractivity (Wildman–Crippen MR) is 49.3 cm³/mol. The van der Waals surface area contributed by atoms with Crippen molar-refractivity contribution in [2.45, 2.75) is 13.0 Å². The van der Waals surface area contributed by atoms with Gasteiger partial charge in [0, 0.05) is 5.38 Å². The quantitative estimate of drug-likeness (QED) is 0.728. The van der Waals surface area contributed by atoms with E-state index in [1.807, 2.05) is 0 Å². The van der Waals surface area contributed by atoms with Gasteiger partial charge >= 0.3 is 0 Å². The first kappa shape index (κ1) is 9.15. The second kappa shape index (κ2) is 4.18. The largest absolute Gasteiger partial charge is 0.309 e. The molecule has 0 saturated carbocycles. The summed E-state index contributed by atoms with van der Waals surface area (Å²) in [6.07, 6.45) is 0. The molecule has 1 amide bonds. The summed E-state index contributed by atoms with van der Waals surface area (Å²) in [6, 6.07) is -0.188. The standard InChI is InChI=1S/C7H11N3OS/c1-5(8-2)7(11)10-6-3-12-4-9-6/h3-5,8H,1-2H3,(H,10,11)/t5-/m0/s1. The van der Waals surface area contributed by atoms with E-state index in [-0.39, 0.29) is 11.9 Å². The number of carbonyl (C=O) groups excluding carboxylic acids is 1. The number of aromatic nitrogens is 1. The first-order valence-corrected chi connectivity index (χ1v) is 4.54. The highest BCUT2D eigenvalue weighted by atomic mass is 32.1. The number of nitrogens with one attached hydrogen (secondary N) is 2. The van der Waals surface area contributed by atoms with Crippen molar-refractivity contribution >= 4 is 23.1 Å². The zero-order valence-corrected chi connectivity index (χ0v) is 7.81. The van der Waals surface area contributed by atoms with E-state index < -0.39 is 0 Å². The molecule has 0 aliphatic heterocycles. The third kappa shape index (κ3) is 2.28. The van der Waals surface area contributed by atoms with Crippen LogP contribution in [0.1, 0.15) is 6.92 Å². The Kier molecular flexibility index (Phi) is 3.19. The molecule has 12 heavy (non-hydrogen) atoms. The van der Waals surface area contributed by atoms with Crippen molar-refractivity contribution < 1.29 is 4.79 Å². The third-order valence-electron chi connectivity index (χ3n) is 1.51. The Hall–Kier alpha value is -0.940. The summed E-state index contributed by atoms with van der Waals surface area (Å²) in [6.45, 7) is 1.79. The number of rotatable bonds is 3. The molecule has 66 valence electrons. The molecule has 1 rings (SSSR count). The van der Waals surface area contributed by atoms with Crippen LogP contribution in [0.4, 0.5) is 5.82 Å². The Morgan fingerprint density at radius 1 is 1.75 bits per heavy atom. The number of anilines is 1. The van der Waals surface area contributed by atoms with Crippen LogP contribution < -0.4 is 10.6 Å². The first-order valence-electron chi connectivity index (χ1n) is 3.60. The maximum atomic E-state index is 11.2. The van der Waals surface area contributed by atoms with E-state index in [0.29, 0.717) is 5.82 Å². The third-order valence-corrected chi connectivity index (χ3v) is 2.10. The highest BCUT2D eigenvalue weighted by Crippen LogP contribution is 2.06. The van der Waals surface area contributed by atoms with E-state index in [1.165, 1.54) is 11.3 Å². The summed E-state index contributed by atoms with van der Waals surface area (Å²) >= 11 is 1.45. The Labute approximate surface area is 75.0 Å². The Morgan fingerprint density at radius 3 is 3.00 bits per heavy atom. The molecule has 0 spiro atoms. The van der Waals surface area contributed by atoms with Crippen molar-refractivity contribution in [3.05, 3.63) is 10.9 Å². The maximum Gasteiger partial charge on any atom is 0.242 e. The van der Waals surface area contributed by atoms with Gasteiger partial charge in [-0.2, -0.15) is 0 Å². The maximum absolute atomic E-state index is 11.2. The Morgan fingerprint density at radius 2 is 2.50 bits per heavy atom. The second-order valence-corrected chi connectivity index (χ2v) is 3.09. The van der Waals surface area contributed by atoms with Gasteiger partial charge in [0.15, 0.2) is 0 Å². The van der Waals surface area contributed by atoms with Crippen molar-refractivity contribution in [1.82, 2.24) is 10.3 Å². The molecule has 2 N–H and O–H groups in total. The van der Waals surface area contributed by atoms with Crippen LogP contribution in [0, 0.1) is 0 Å². The summed E-state index contributed by atoms with van der Waals surface area (Å²) < 4.78 is 0. The van der Waals surface area contributed by atoms with Crippen LogP contribution in [0.3, 0.4) is 0 Å². The van der Waals surface area contributed by atoms with Gasteiger partial charge in [-0.1, -0.05) is 0 Å². The van der Waals surface area contributed by atoms with Crippen molar-refractivity contribution in [1.29, 1.82) is 0 Å². The summed E-state index contributed by atoms with van der Waals surface area (Å²) in [5.74, 6) is 0.551. The van der Waals surface area contributed by atoms with E-state index in [0.717, 1.165) is 0 Å². The zero-order chi connectivity index (χ0) is 8.97. The molecule has 0 bridgehead atoms. The smallest absolute Gasteiger partial charge is 0.242 e. The Balaban J connectivity index is 2.47. The lowest BCUT2D eigenvalue weighted by molar-refractivity contribution is -0.117. The molecule has 1 atom stereocenters. The van der Waals surface area contributed by atoms with Crippen LogP contribution in [0.25, 0.3) is 0 Å². The fourth-order valence-corrected chi connectivity index (χ4v) is 1.12. The lowest BCUT2D eigenvalue weighted by Gasteiger charge is -2.08. The monoisotopic (exact) mass is 185 g/mol. The van der Waals surface area contributed by atoms with Gasteiger partial charge in [-0.3, -0.25) is 4.79 Å². The lowest BCUT2D eigenvalue weighted by atomic mass is 10.3. The number of carbonyl (C=O) groups is 1. The predicted octanol–water partition coefficient (Wildman–Crippen LogP) is 0.689. The summed E-state index contributed by atoms with van der Waals surface area (Å²) in [4.78, 5) is 15.2. The summed E-state index contributed by atoms with van der Waals surface area (Å²) in [5, 5.41) is 7.30. The fraction of sp³-hybridized carbons (Fsp3) is 0.429. The summed E-state index contributed by atoms with van der Waals surface area (Å²) in [5.41, 5.74) is 1.68. The van der Waals surface area contributed by atoms with Gasteiger partial charge in [-0.15, -0.1) is 11.3 Å². The minimum Gasteiger partial charge on any atom is -0.309 e. The average Bonchev–Trinajstić information content (AvgIpc) is 2.55. The van der Waals surface area contributed by atoms with Gasteiger partial charge < -0.3 is 10.6 Å². The van der Waals surface area contributed by atoms with E-state index in [2.05, 4.69) is 15.6 Å². The highest BCUT2D eigenvalue weighted by molar-refractivity contribution is 7.07. The molecule has 0 radical (unpaired) electrons. The van der Waals surface area contributed by atoms with Gasteiger partial charge in [0.2, 0.25) is 5.91 Å². The minimum absolute atomic E-state index is 0.0663. The Bertz CT molecular complexity index is 247. The SMILES string of the molecule is CN[C@@H](C)C(=O)Nc1cscn1. The van der Waals surface area contributed by atoms with Crippen LogP contribution in [-0.4, -0.2) is 24.0 Å². The van der Waals surface area contributed by atoms with Gasteiger partial charge in [-0.05, 0) is 14.0 Å². The number of nitrogens with zero attached hydrogens (tertiary/aromatic N) is 1. The molecular weight excluding hydrogens is 174 g/mol. The van der Waals surface area contributed by atoms with Crippen LogP contribution in [0.5, 0.6) is 0 Å². The number of thiazole rings is 1. The van der Waals surface area contributed by atoms with Gasteiger partial charge in [0.1, 0.15) is 5.82 Å². The molecule has 0 saturated heterocycles. The molecule has 4 nitrogen and oxygen atoms in total. The van der Waals surface area contributed by atoms with Crippen molar-refractivity contribution in [3.63, 3.8) is 0 Å². The van der Waals surface area contributed by atoms with Gasteiger partial charge in [0.05, 0.1) is 11.6 Å². The molecule has 0 unspecified atom stereocenters. The molecule has 1 aromatic rings. The van der Waals surface area contributed by atoms with Crippen LogP contribution >= 0.6 is 11.3 Å². The molecular formula is C7H11N3OS. The number of hydrogen-bond acceptors (Lipinski definition) is 4. The van der Waals surface area contributed by atoms with Crippen LogP contribution in [-0.2, 0) is 4.79 Å². The fourth-order valence-electron chi connectivity index (χ4n) is 0.640. The second-order valence-electron chi connectivity index (χ2n) is 2.37. The van der Waals surface area contributed by atoms with Gasteiger partial charge in [0.25, 0.3) is 0 Å². The highest BCUT2D eigenvalue weighted by Gasteiger charge is 2.10. The van der Waals surface area contributed by atoms with Crippen molar-refractivity contribution in [2.24, 2.45) is 0 Å². The molecule has 0 aliphatic rings. The van der Waals surface area contributed by atoms with Crippen molar-refractivity contribution in [2.75, 3.05) is 12.4 Å². The number of hydrogen-bond donors (Lipinski definition) is 2. The van der Waals surface area contributed by atoms with E-state index >= 15 is 0 Å². The molecule has 1 aromatic heterocycles. The average molecular weight is 185 g/mol. The van der Waals surface area contributed by atoms with E-state index in [4.69, 9.17) is 0 Å². The zero-order valence-electron chi connectivity index (χ0n) is 7.00. The summed E-state index contributed by atoms with van der Waals surface area (Å²) in [7, 11) is 1.74. The number of amides is 1. The molecule has 0 aliphatic carbocycles.